The summed E-state index contributed by atoms with van der Waals surface area (Å²) in [6.07, 6.45) is -1.65. The summed E-state index contributed by atoms with van der Waals surface area (Å²) in [6.45, 7) is 0.682. The van der Waals surface area contributed by atoms with Crippen molar-refractivity contribution in [2.24, 2.45) is 11.7 Å². The van der Waals surface area contributed by atoms with E-state index in [9.17, 15) is 9.59 Å². The predicted molar refractivity (Wildman–Crippen MR) is 96.9 cm³/mol. The third-order valence-electron chi connectivity index (χ3n) is 3.87. The molecule has 6 N–H and O–H groups in total. The largest absolute Gasteiger partial charge is 0.458 e. The Morgan fingerprint density at radius 2 is 1.11 bits per heavy atom. The lowest BCUT2D eigenvalue weighted by molar-refractivity contribution is -0.271. The summed E-state index contributed by atoms with van der Waals surface area (Å²) < 4.78 is 22.7. The highest BCUT2D eigenvalue weighted by atomic mass is 16.8. The van der Waals surface area contributed by atoms with Crippen LogP contribution in [-0.4, -0.2) is 37.6 Å². The van der Waals surface area contributed by atoms with E-state index in [0.29, 0.717) is 35.8 Å². The van der Waals surface area contributed by atoms with Gasteiger partial charge in [-0.15, -0.1) is 0 Å². The molecule has 0 saturated carbocycles. The molecule has 0 radical (unpaired) electrons. The zero-order valence-corrected chi connectivity index (χ0v) is 14.8. The fraction of sp³-hybridized carbons (Fsp3) is 0.222. The minimum Gasteiger partial charge on any atom is -0.458 e. The molecule has 10 nitrogen and oxygen atoms in total. The highest BCUT2D eigenvalue weighted by Gasteiger charge is 2.31. The molecule has 0 aromatic heterocycles. The van der Waals surface area contributed by atoms with Gasteiger partial charge in [0.1, 0.15) is 11.5 Å². The number of hydrogen-bond donors (Lipinski definition) is 4. The predicted octanol–water partition coefficient (Wildman–Crippen LogP) is 0.0504. The molecule has 0 aliphatic carbocycles. The fourth-order valence-corrected chi connectivity index (χ4v) is 2.47. The van der Waals surface area contributed by atoms with Gasteiger partial charge in [-0.1, -0.05) is 0 Å². The van der Waals surface area contributed by atoms with E-state index in [1.165, 1.54) is 0 Å². The van der Waals surface area contributed by atoms with Gasteiger partial charge in [-0.3, -0.25) is 20.4 Å². The maximum atomic E-state index is 11.5. The number of nitrogens with one attached hydrogen (secondary N) is 2. The molecule has 1 aliphatic heterocycles. The lowest BCUT2D eigenvalue weighted by atomic mass is 10.2. The summed E-state index contributed by atoms with van der Waals surface area (Å²) in [4.78, 5) is 23.0. The number of benzene rings is 2. The van der Waals surface area contributed by atoms with E-state index in [2.05, 4.69) is 10.9 Å². The zero-order chi connectivity index (χ0) is 19.9. The summed E-state index contributed by atoms with van der Waals surface area (Å²) in [5, 5.41) is 0. The number of rotatable bonds is 6. The molecule has 0 unspecified atom stereocenters. The van der Waals surface area contributed by atoms with Crippen LogP contribution in [0.15, 0.2) is 48.5 Å². The molecule has 1 saturated heterocycles. The highest BCUT2D eigenvalue weighted by Crippen LogP contribution is 2.22. The molecule has 2 atom stereocenters. The summed E-state index contributed by atoms with van der Waals surface area (Å²) in [6, 6.07) is 12.7. The Morgan fingerprint density at radius 3 is 1.43 bits per heavy atom. The number of amides is 2. The van der Waals surface area contributed by atoms with Crippen LogP contribution in [0.5, 0.6) is 11.5 Å². The monoisotopic (exact) mass is 388 g/mol. The molecule has 10 heteroatoms. The van der Waals surface area contributed by atoms with Crippen molar-refractivity contribution in [3.63, 3.8) is 0 Å². The minimum absolute atomic E-state index is 0.341. The third kappa shape index (κ3) is 4.75. The van der Waals surface area contributed by atoms with Gasteiger partial charge in [-0.05, 0) is 48.5 Å². The van der Waals surface area contributed by atoms with Gasteiger partial charge in [0.2, 0.25) is 0 Å². The first kappa shape index (κ1) is 19.6. The quantitative estimate of drug-likeness (QED) is 0.308. The topological polar surface area (TPSA) is 147 Å². The molecule has 2 amide bonds. The first-order valence-electron chi connectivity index (χ1n) is 8.39. The average Bonchev–Trinajstić information content (AvgIpc) is 2.75. The van der Waals surface area contributed by atoms with Gasteiger partial charge in [0.05, 0.1) is 13.2 Å². The van der Waals surface area contributed by atoms with Gasteiger partial charge >= 0.3 is 0 Å². The Balaban J connectivity index is 1.65. The minimum atomic E-state index is -0.824. The second kappa shape index (κ2) is 9.15. The molecule has 2 aromatic rings. The Hall–Kier alpha value is -3.18. The van der Waals surface area contributed by atoms with Crippen LogP contribution in [0.2, 0.25) is 0 Å². The van der Waals surface area contributed by atoms with E-state index in [1.807, 2.05) is 0 Å². The first-order chi connectivity index (χ1) is 13.6. The van der Waals surface area contributed by atoms with Gasteiger partial charge in [0.25, 0.3) is 24.4 Å². The number of ether oxygens (including phenoxy) is 4. The Kier molecular flexibility index (Phi) is 6.40. The smallest absolute Gasteiger partial charge is 0.265 e. The van der Waals surface area contributed by atoms with Crippen molar-refractivity contribution in [2.75, 3.05) is 13.2 Å². The van der Waals surface area contributed by atoms with E-state index in [-0.39, 0.29) is 0 Å². The summed E-state index contributed by atoms with van der Waals surface area (Å²) in [7, 11) is 0. The van der Waals surface area contributed by atoms with Crippen LogP contribution in [0.1, 0.15) is 20.7 Å². The second-order valence-corrected chi connectivity index (χ2v) is 5.71. The van der Waals surface area contributed by atoms with Crippen molar-refractivity contribution >= 4 is 11.8 Å². The lowest BCUT2D eigenvalue weighted by Crippen LogP contribution is -2.45. The SMILES string of the molecule is NNC(=O)c1ccc(O[C@@H]2OCCO[C@H]2Oc2ccc(C(=O)NN)cc2)cc1. The zero-order valence-electron chi connectivity index (χ0n) is 14.8. The number of nitrogen functional groups attached to an aromatic ring is 2. The molecular weight excluding hydrogens is 368 g/mol. The van der Waals surface area contributed by atoms with Crippen LogP contribution < -0.4 is 32.0 Å². The normalized spacial score (nSPS) is 18.8. The summed E-state index contributed by atoms with van der Waals surface area (Å²) in [5.74, 6) is 10.3. The Morgan fingerprint density at radius 1 is 0.750 bits per heavy atom. The van der Waals surface area contributed by atoms with Crippen molar-refractivity contribution in [1.29, 1.82) is 0 Å². The van der Waals surface area contributed by atoms with Crippen molar-refractivity contribution in [3.05, 3.63) is 59.7 Å². The molecule has 3 rings (SSSR count). The Bertz CT molecular complexity index is 742. The molecule has 0 spiro atoms. The molecule has 1 aliphatic rings. The van der Waals surface area contributed by atoms with Crippen LogP contribution in [-0.2, 0) is 9.47 Å². The number of hydrogen-bond acceptors (Lipinski definition) is 8. The molecule has 0 bridgehead atoms. The maximum Gasteiger partial charge on any atom is 0.265 e. The van der Waals surface area contributed by atoms with Crippen LogP contribution in [0.3, 0.4) is 0 Å². The average molecular weight is 388 g/mol. The Labute approximate surface area is 160 Å². The standard InChI is InChI=1S/C18H20N4O6/c19-21-15(23)11-1-5-13(6-2-11)27-17-18(26-10-9-25-17)28-14-7-3-12(4-8-14)16(24)22-20/h1-8,17-18H,9-10,19-20H2,(H,21,23)(H,22,24)/t17-,18-/m0/s1. The van der Waals surface area contributed by atoms with Crippen molar-refractivity contribution in [2.45, 2.75) is 12.6 Å². The lowest BCUT2D eigenvalue weighted by Gasteiger charge is -2.31. The van der Waals surface area contributed by atoms with Crippen LogP contribution in [0.25, 0.3) is 0 Å². The molecule has 28 heavy (non-hydrogen) atoms. The van der Waals surface area contributed by atoms with E-state index in [4.69, 9.17) is 30.6 Å². The van der Waals surface area contributed by atoms with Crippen LogP contribution in [0, 0.1) is 0 Å². The van der Waals surface area contributed by atoms with Gasteiger partial charge in [-0.25, -0.2) is 11.7 Å². The fourth-order valence-electron chi connectivity index (χ4n) is 2.47. The van der Waals surface area contributed by atoms with E-state index >= 15 is 0 Å². The van der Waals surface area contributed by atoms with E-state index in [0.717, 1.165) is 0 Å². The van der Waals surface area contributed by atoms with Crippen molar-refractivity contribution in [3.8, 4) is 11.5 Å². The molecular formula is C18H20N4O6. The highest BCUT2D eigenvalue weighted by molar-refractivity contribution is 5.94. The van der Waals surface area contributed by atoms with Crippen LogP contribution in [0.4, 0.5) is 0 Å². The molecule has 1 heterocycles. The summed E-state index contributed by atoms with van der Waals surface area (Å²) >= 11 is 0. The van der Waals surface area contributed by atoms with Crippen molar-refractivity contribution in [1.82, 2.24) is 10.9 Å². The summed E-state index contributed by atoms with van der Waals surface area (Å²) in [5.41, 5.74) is 4.90. The number of nitrogens with two attached hydrogens (primary N) is 2. The first-order valence-corrected chi connectivity index (χ1v) is 8.39. The molecule has 2 aromatic carbocycles. The van der Waals surface area contributed by atoms with Crippen molar-refractivity contribution < 1.29 is 28.5 Å². The number of hydrazine groups is 2. The number of carbonyl (C=O) groups is 2. The van der Waals surface area contributed by atoms with Crippen LogP contribution >= 0.6 is 0 Å². The third-order valence-corrected chi connectivity index (χ3v) is 3.87. The van der Waals surface area contributed by atoms with E-state index < -0.39 is 24.4 Å². The van der Waals surface area contributed by atoms with E-state index in [1.54, 1.807) is 48.5 Å². The second-order valence-electron chi connectivity index (χ2n) is 5.71. The van der Waals surface area contributed by atoms with Gasteiger partial charge in [0.15, 0.2) is 0 Å². The van der Waals surface area contributed by atoms with Gasteiger partial charge in [0, 0.05) is 11.1 Å². The maximum absolute atomic E-state index is 11.5. The molecule has 148 valence electrons. The number of carbonyl (C=O) groups excluding carboxylic acids is 2. The van der Waals surface area contributed by atoms with Gasteiger partial charge < -0.3 is 18.9 Å². The van der Waals surface area contributed by atoms with Gasteiger partial charge in [-0.2, -0.15) is 0 Å². The molecule has 1 fully saturated rings.